The second-order valence-electron chi connectivity index (χ2n) is 2.56. The van der Waals surface area contributed by atoms with Crippen LogP contribution in [0.5, 0.6) is 0 Å². The van der Waals surface area contributed by atoms with E-state index in [-0.39, 0.29) is 29.6 Å². The Balaban J connectivity index is 0. The van der Waals surface area contributed by atoms with Crippen LogP contribution in [0.25, 0.3) is 0 Å². The predicted molar refractivity (Wildman–Crippen MR) is 48.5 cm³/mol. The molecule has 0 saturated carbocycles. The Bertz CT molecular complexity index is 286. The molecule has 7 nitrogen and oxygen atoms in total. The Morgan fingerprint density at radius 3 is 2.06 bits per heavy atom. The third-order valence-electron chi connectivity index (χ3n) is 1.37. The van der Waals surface area contributed by atoms with Crippen molar-refractivity contribution in [3.05, 3.63) is 0 Å². The summed E-state index contributed by atoms with van der Waals surface area (Å²) in [5, 5.41) is 26.2. The summed E-state index contributed by atoms with van der Waals surface area (Å²) in [6.07, 6.45) is -2.03. The molecule has 93 valence electrons. The van der Waals surface area contributed by atoms with E-state index in [2.05, 4.69) is 3.24 Å². The molecule has 1 atom stereocenters. The standard InChI is InChI=1S/C6H8O7.Au.ClH.Na.H/c7-3(8)1-6(13,5(11)12)2-4(9)10;;;;/h13H,1-2H2,(H,7,8)(H,9,10)(H,11,12);;1H;;/q;+2;;;/p-2. The molecule has 0 radical (unpaired) electrons. The van der Waals surface area contributed by atoms with Gasteiger partial charge in [-0.05, 0) is 0 Å². The molecule has 3 N–H and O–H groups in total. The van der Waals surface area contributed by atoms with E-state index in [4.69, 9.17) is 19.4 Å². The molecule has 10 heteroatoms. The third kappa shape index (κ3) is 6.87. The van der Waals surface area contributed by atoms with Crippen molar-refractivity contribution in [2.75, 3.05) is 0 Å². The zero-order valence-electron chi connectivity index (χ0n) is 7.07. The first-order chi connectivity index (χ1) is 6.81. The Labute approximate surface area is 126 Å². The summed E-state index contributed by atoms with van der Waals surface area (Å²) in [6.45, 7) is 0. The summed E-state index contributed by atoms with van der Waals surface area (Å²) in [4.78, 5) is 31.7. The third-order valence-corrected chi connectivity index (χ3v) is 2.41. The van der Waals surface area contributed by atoms with Crippen LogP contribution < -0.4 is 0 Å². The summed E-state index contributed by atoms with van der Waals surface area (Å²) in [5.74, 6) is -4.38. The Morgan fingerprint density at radius 2 is 1.75 bits per heavy atom. The quantitative estimate of drug-likeness (QED) is 0.434. The molecule has 16 heavy (non-hydrogen) atoms. The summed E-state index contributed by atoms with van der Waals surface area (Å²) < 4.78 is 4.28. The molecule has 0 aliphatic heterocycles. The van der Waals surface area contributed by atoms with Gasteiger partial charge in [0.05, 0.1) is 0 Å². The van der Waals surface area contributed by atoms with E-state index < -0.39 is 55.4 Å². The molecule has 0 aromatic rings. The molecular weight excluding hydrogens is 439 g/mol. The van der Waals surface area contributed by atoms with E-state index in [0.717, 1.165) is 0 Å². The van der Waals surface area contributed by atoms with Gasteiger partial charge in [-0.2, -0.15) is 0 Å². The molecule has 0 aliphatic rings. The summed E-state index contributed by atoms with van der Waals surface area (Å²) in [5.41, 5.74) is -2.66. The van der Waals surface area contributed by atoms with Crippen LogP contribution in [0.4, 0.5) is 0 Å². The van der Waals surface area contributed by atoms with Crippen molar-refractivity contribution < 1.29 is 52.0 Å². The molecule has 0 fully saturated rings. The zero-order valence-corrected chi connectivity index (χ0v) is 9.99. The van der Waals surface area contributed by atoms with Crippen molar-refractivity contribution in [1.82, 2.24) is 0 Å². The van der Waals surface area contributed by atoms with Gasteiger partial charge in [-0.1, -0.05) is 0 Å². The number of carbonyl (C=O) groups is 3. The normalized spacial score (nSPS) is 13.4. The van der Waals surface area contributed by atoms with Crippen LogP contribution in [0.2, 0.25) is 0 Å². The molecule has 0 aromatic carbocycles. The molecule has 0 aromatic heterocycles. The van der Waals surface area contributed by atoms with Crippen LogP contribution >= 0.6 is 9.19 Å². The average Bonchev–Trinajstić information content (AvgIpc) is 2.01. The summed E-state index contributed by atoms with van der Waals surface area (Å²) in [7, 11) is 5.12. The monoisotopic (exact) mass is 447 g/mol. The van der Waals surface area contributed by atoms with Gasteiger partial charge in [0, 0.05) is 0 Å². The van der Waals surface area contributed by atoms with Gasteiger partial charge in [0.25, 0.3) is 0 Å². The zero-order chi connectivity index (χ0) is 12.1. The molecule has 0 heterocycles. The van der Waals surface area contributed by atoms with Crippen molar-refractivity contribution in [2.24, 2.45) is 0 Å². The maximum atomic E-state index is 10.8. The van der Waals surface area contributed by atoms with Crippen LogP contribution in [0.15, 0.2) is 0 Å². The first-order valence-electron chi connectivity index (χ1n) is 3.39. The van der Waals surface area contributed by atoms with E-state index in [9.17, 15) is 19.5 Å². The van der Waals surface area contributed by atoms with Crippen LogP contribution in [-0.4, -0.2) is 68.4 Å². The Hall–Kier alpha value is 0.400. The number of hydrogen-bond donors (Lipinski definition) is 3. The first-order valence-corrected chi connectivity index (χ1v) is 6.96. The van der Waals surface area contributed by atoms with Gasteiger partial charge in [-0.25, -0.2) is 0 Å². The minimum atomic E-state index is -2.66. The van der Waals surface area contributed by atoms with Crippen molar-refractivity contribution in [3.8, 4) is 0 Å². The van der Waals surface area contributed by atoms with E-state index in [1.807, 2.05) is 0 Å². The molecule has 0 amide bonds. The number of halogens is 1. The van der Waals surface area contributed by atoms with Crippen LogP contribution in [-0.2, 0) is 36.7 Å². The molecule has 0 spiro atoms. The Kier molecular flexibility index (Phi) is 9.95. The fourth-order valence-electron chi connectivity index (χ4n) is 0.750. The van der Waals surface area contributed by atoms with Gasteiger partial charge < -0.3 is 0 Å². The maximum absolute atomic E-state index is 10.8. The molecular formula is C6H8AuClNaO7. The van der Waals surface area contributed by atoms with Crippen LogP contribution in [0.1, 0.15) is 12.8 Å². The fraction of sp³-hybridized carbons (Fsp3) is 0.500. The second-order valence-corrected chi connectivity index (χ2v) is 4.10. The van der Waals surface area contributed by atoms with Gasteiger partial charge in [0.2, 0.25) is 0 Å². The minimum absolute atomic E-state index is 0. The van der Waals surface area contributed by atoms with Crippen LogP contribution in [0, 0.1) is 0 Å². The number of aliphatic carboxylic acids is 2. The SMILES string of the molecule is O=C(O)CC(O)(CC(=O)[O][Au][Cl])C(=O)O.[NaH]. The molecule has 0 aliphatic carbocycles. The van der Waals surface area contributed by atoms with Crippen molar-refractivity contribution in [1.29, 1.82) is 0 Å². The second kappa shape index (κ2) is 8.49. The summed E-state index contributed by atoms with van der Waals surface area (Å²) >= 11 is -1.26. The van der Waals surface area contributed by atoms with Gasteiger partial charge in [-0.15, -0.1) is 0 Å². The van der Waals surface area contributed by atoms with Crippen molar-refractivity contribution in [2.45, 2.75) is 18.4 Å². The van der Waals surface area contributed by atoms with E-state index in [1.165, 1.54) is 0 Å². The van der Waals surface area contributed by atoms with Crippen LogP contribution in [0.3, 0.4) is 0 Å². The van der Waals surface area contributed by atoms with E-state index >= 15 is 0 Å². The number of hydrogen-bond acceptors (Lipinski definition) is 5. The van der Waals surface area contributed by atoms with Crippen molar-refractivity contribution >= 4 is 56.7 Å². The molecule has 1 unspecified atom stereocenters. The summed E-state index contributed by atoms with van der Waals surface area (Å²) in [6, 6.07) is 0. The molecule has 0 rings (SSSR count). The molecule has 0 bridgehead atoms. The number of carboxylic acid groups (broad SMARTS) is 2. The number of rotatable bonds is 6. The fourth-order valence-corrected chi connectivity index (χ4v) is 1.52. The van der Waals surface area contributed by atoms with E-state index in [0.29, 0.717) is 0 Å². The predicted octanol–water partition coefficient (Wildman–Crippen LogP) is -1.29. The average molecular weight is 448 g/mol. The van der Waals surface area contributed by atoms with Gasteiger partial charge in [-0.3, -0.25) is 0 Å². The Morgan fingerprint density at radius 1 is 1.25 bits per heavy atom. The topological polar surface area (TPSA) is 121 Å². The first kappa shape index (κ1) is 18.8. The van der Waals surface area contributed by atoms with Gasteiger partial charge in [0.1, 0.15) is 0 Å². The number of carboxylic acids is 2. The van der Waals surface area contributed by atoms with E-state index in [1.54, 1.807) is 0 Å². The van der Waals surface area contributed by atoms with Gasteiger partial charge >= 0.3 is 127 Å². The van der Waals surface area contributed by atoms with Gasteiger partial charge in [0.15, 0.2) is 0 Å². The van der Waals surface area contributed by atoms with Crippen molar-refractivity contribution in [3.63, 3.8) is 0 Å². The number of aliphatic hydroxyl groups is 1. The number of carbonyl (C=O) groups excluding carboxylic acids is 1. The molecule has 0 saturated heterocycles.